The average Bonchev–Trinajstić information content (AvgIpc) is 3.05. The van der Waals surface area contributed by atoms with Gasteiger partial charge in [-0.05, 0) is 24.1 Å². The van der Waals surface area contributed by atoms with Crippen molar-refractivity contribution in [1.82, 2.24) is 5.01 Å². The Labute approximate surface area is 139 Å². The van der Waals surface area contributed by atoms with Crippen LogP contribution in [0.4, 0.5) is 4.39 Å². The van der Waals surface area contributed by atoms with Crippen molar-refractivity contribution in [3.05, 3.63) is 71.5 Å². The largest absolute Gasteiger partial charge is 0.292 e. The molecule has 0 fully saturated rings. The van der Waals surface area contributed by atoms with Crippen molar-refractivity contribution in [2.75, 3.05) is 0 Å². The fourth-order valence-electron chi connectivity index (χ4n) is 2.68. The Kier molecular flexibility index (Phi) is 4.76. The standard InChI is InChI=1S/C18H17FN2OS/c1-2-16(17(22)14-9-6-10-15(19)11-14)21-18(23-12-20-21)13-7-4-3-5-8-13/h3-12,16,18H,2H2,1H3. The van der Waals surface area contributed by atoms with Gasteiger partial charge in [-0.1, -0.05) is 61.2 Å². The van der Waals surface area contributed by atoms with Gasteiger partial charge in [0.15, 0.2) is 5.78 Å². The van der Waals surface area contributed by atoms with Crippen molar-refractivity contribution >= 4 is 23.1 Å². The summed E-state index contributed by atoms with van der Waals surface area (Å²) < 4.78 is 13.4. The minimum Gasteiger partial charge on any atom is -0.292 e. The second-order valence-corrected chi connectivity index (χ2v) is 6.23. The lowest BCUT2D eigenvalue weighted by Gasteiger charge is -2.30. The first-order valence-corrected chi connectivity index (χ1v) is 8.46. The lowest BCUT2D eigenvalue weighted by molar-refractivity contribution is 0.0805. The van der Waals surface area contributed by atoms with Crippen molar-refractivity contribution < 1.29 is 9.18 Å². The van der Waals surface area contributed by atoms with Crippen molar-refractivity contribution in [3.63, 3.8) is 0 Å². The summed E-state index contributed by atoms with van der Waals surface area (Å²) in [6, 6.07) is 15.4. The zero-order chi connectivity index (χ0) is 16.2. The average molecular weight is 328 g/mol. The Balaban J connectivity index is 1.87. The van der Waals surface area contributed by atoms with Crippen molar-refractivity contribution in [1.29, 1.82) is 0 Å². The molecule has 2 aromatic rings. The van der Waals surface area contributed by atoms with Gasteiger partial charge in [-0.15, -0.1) is 0 Å². The molecule has 0 bridgehead atoms. The molecular weight excluding hydrogens is 311 g/mol. The van der Waals surface area contributed by atoms with Crippen LogP contribution in [-0.2, 0) is 0 Å². The highest BCUT2D eigenvalue weighted by molar-refractivity contribution is 8.12. The lowest BCUT2D eigenvalue weighted by atomic mass is 10.0. The molecule has 2 unspecified atom stereocenters. The molecule has 0 saturated heterocycles. The van der Waals surface area contributed by atoms with E-state index >= 15 is 0 Å². The molecule has 5 heteroatoms. The number of carbonyl (C=O) groups excluding carboxylic acids is 1. The van der Waals surface area contributed by atoms with Gasteiger partial charge in [0.2, 0.25) is 0 Å². The number of rotatable bonds is 5. The predicted molar refractivity (Wildman–Crippen MR) is 91.9 cm³/mol. The maximum atomic E-state index is 13.4. The van der Waals surface area contributed by atoms with Crippen LogP contribution >= 0.6 is 11.8 Å². The number of hydrogen-bond acceptors (Lipinski definition) is 4. The fraction of sp³-hybridized carbons (Fsp3) is 0.222. The van der Waals surface area contributed by atoms with Crippen LogP contribution in [0.5, 0.6) is 0 Å². The number of halogens is 1. The molecule has 2 atom stereocenters. The zero-order valence-corrected chi connectivity index (χ0v) is 13.5. The summed E-state index contributed by atoms with van der Waals surface area (Å²) in [5, 5.41) is 6.19. The molecule has 0 aliphatic carbocycles. The highest BCUT2D eigenvalue weighted by Gasteiger charge is 2.33. The highest BCUT2D eigenvalue weighted by atomic mass is 32.2. The van der Waals surface area contributed by atoms with Gasteiger partial charge in [0, 0.05) is 5.56 Å². The van der Waals surface area contributed by atoms with E-state index in [1.165, 1.54) is 12.1 Å². The summed E-state index contributed by atoms with van der Waals surface area (Å²) >= 11 is 1.57. The van der Waals surface area contributed by atoms with E-state index in [0.29, 0.717) is 12.0 Å². The van der Waals surface area contributed by atoms with E-state index in [2.05, 4.69) is 5.10 Å². The first-order chi connectivity index (χ1) is 11.2. The van der Waals surface area contributed by atoms with E-state index in [1.807, 2.05) is 42.3 Å². The van der Waals surface area contributed by atoms with E-state index in [0.717, 1.165) is 5.56 Å². The topological polar surface area (TPSA) is 32.7 Å². The molecule has 0 saturated carbocycles. The molecular formula is C18H17FN2OS. The van der Waals surface area contributed by atoms with Gasteiger partial charge in [0.25, 0.3) is 0 Å². The Hall–Kier alpha value is -2.14. The van der Waals surface area contributed by atoms with Crippen molar-refractivity contribution in [2.45, 2.75) is 24.8 Å². The molecule has 2 aromatic carbocycles. The molecule has 0 spiro atoms. The SMILES string of the molecule is CCC(C(=O)c1cccc(F)c1)N1N=CSC1c1ccccc1. The monoisotopic (exact) mass is 328 g/mol. The van der Waals surface area contributed by atoms with Crippen LogP contribution in [0.3, 0.4) is 0 Å². The van der Waals surface area contributed by atoms with E-state index in [9.17, 15) is 9.18 Å². The third-order valence-electron chi connectivity index (χ3n) is 3.81. The van der Waals surface area contributed by atoms with Crippen LogP contribution in [0, 0.1) is 5.82 Å². The highest BCUT2D eigenvalue weighted by Crippen LogP contribution is 2.38. The first kappa shape index (κ1) is 15.7. The lowest BCUT2D eigenvalue weighted by Crippen LogP contribution is -2.37. The van der Waals surface area contributed by atoms with Gasteiger partial charge >= 0.3 is 0 Å². The second-order valence-electron chi connectivity index (χ2n) is 5.30. The Morgan fingerprint density at radius 2 is 2.04 bits per heavy atom. The minimum absolute atomic E-state index is 0.0290. The van der Waals surface area contributed by atoms with Gasteiger partial charge in [-0.3, -0.25) is 9.80 Å². The molecule has 1 heterocycles. The summed E-state index contributed by atoms with van der Waals surface area (Å²) in [4.78, 5) is 12.8. The molecule has 1 aliphatic heterocycles. The third kappa shape index (κ3) is 3.29. The molecule has 0 N–H and O–H groups in total. The molecule has 0 radical (unpaired) electrons. The van der Waals surface area contributed by atoms with Crippen LogP contribution in [0.25, 0.3) is 0 Å². The second kappa shape index (κ2) is 6.96. The van der Waals surface area contributed by atoms with Crippen LogP contribution in [-0.4, -0.2) is 22.4 Å². The number of nitrogens with zero attached hydrogens (tertiary/aromatic N) is 2. The van der Waals surface area contributed by atoms with E-state index < -0.39 is 11.9 Å². The fourth-order valence-corrected chi connectivity index (χ4v) is 3.60. The number of hydrogen-bond donors (Lipinski definition) is 0. The summed E-state index contributed by atoms with van der Waals surface area (Å²) in [6.45, 7) is 1.95. The van der Waals surface area contributed by atoms with E-state index in [-0.39, 0.29) is 11.2 Å². The molecule has 23 heavy (non-hydrogen) atoms. The Morgan fingerprint density at radius 3 is 2.74 bits per heavy atom. The van der Waals surface area contributed by atoms with Crippen LogP contribution in [0.15, 0.2) is 59.7 Å². The van der Waals surface area contributed by atoms with Crippen LogP contribution in [0.1, 0.15) is 34.6 Å². The summed E-state index contributed by atoms with van der Waals surface area (Å²) in [5.41, 5.74) is 3.25. The number of thioether (sulfide) groups is 1. The maximum absolute atomic E-state index is 13.4. The number of benzene rings is 2. The molecule has 0 amide bonds. The van der Waals surface area contributed by atoms with Crippen LogP contribution < -0.4 is 0 Å². The van der Waals surface area contributed by atoms with Crippen molar-refractivity contribution in [2.24, 2.45) is 5.10 Å². The van der Waals surface area contributed by atoms with Gasteiger partial charge in [0.1, 0.15) is 17.2 Å². The van der Waals surface area contributed by atoms with Gasteiger partial charge in [0.05, 0.1) is 5.55 Å². The minimum atomic E-state index is -0.409. The molecule has 1 aliphatic rings. The number of Topliss-reactive ketones (excluding diaryl/α,β-unsaturated/α-hetero) is 1. The zero-order valence-electron chi connectivity index (χ0n) is 12.7. The van der Waals surface area contributed by atoms with Crippen LogP contribution in [0.2, 0.25) is 0 Å². The van der Waals surface area contributed by atoms with Gasteiger partial charge < -0.3 is 0 Å². The number of ketones is 1. The third-order valence-corrected chi connectivity index (χ3v) is 4.77. The Bertz CT molecular complexity index is 720. The molecule has 3 rings (SSSR count). The quantitative estimate of drug-likeness (QED) is 0.759. The Morgan fingerprint density at radius 1 is 1.26 bits per heavy atom. The number of hydrazone groups is 1. The summed E-state index contributed by atoms with van der Waals surface area (Å²) in [6.07, 6.45) is 0.608. The molecule has 118 valence electrons. The summed E-state index contributed by atoms with van der Waals surface area (Å²) in [7, 11) is 0. The van der Waals surface area contributed by atoms with E-state index in [4.69, 9.17) is 0 Å². The predicted octanol–water partition coefficient (Wildman–Crippen LogP) is 4.48. The molecule has 3 nitrogen and oxygen atoms in total. The first-order valence-electron chi connectivity index (χ1n) is 7.51. The molecule has 0 aromatic heterocycles. The normalized spacial score (nSPS) is 18.2. The van der Waals surface area contributed by atoms with Crippen molar-refractivity contribution in [3.8, 4) is 0 Å². The van der Waals surface area contributed by atoms with Gasteiger partial charge in [-0.2, -0.15) is 5.10 Å². The smallest absolute Gasteiger partial charge is 0.187 e. The maximum Gasteiger partial charge on any atom is 0.187 e. The number of carbonyl (C=O) groups is 1. The van der Waals surface area contributed by atoms with Gasteiger partial charge in [-0.25, -0.2) is 4.39 Å². The van der Waals surface area contributed by atoms with E-state index in [1.54, 1.807) is 29.4 Å². The summed E-state index contributed by atoms with van der Waals surface area (Å²) in [5.74, 6) is -0.503.